The van der Waals surface area contributed by atoms with E-state index in [0.29, 0.717) is 0 Å². The average Bonchev–Trinajstić information content (AvgIpc) is 2.70. The third kappa shape index (κ3) is 4.88. The molecule has 1 aromatic heterocycles. The van der Waals surface area contributed by atoms with E-state index in [-0.39, 0.29) is 0 Å². The largest absolute Gasteiger partial charge is 0.312 e. The van der Waals surface area contributed by atoms with Crippen LogP contribution >= 0.6 is 0 Å². The molecular weight excluding hydrogens is 326 g/mol. The summed E-state index contributed by atoms with van der Waals surface area (Å²) in [6, 6.07) is 12.1. The van der Waals surface area contributed by atoms with Crippen LogP contribution in [0.3, 0.4) is 0 Å². The third-order valence-corrected chi connectivity index (χ3v) is 4.43. The monoisotopic (exact) mass is 349 g/mol. The molecule has 1 aromatic carbocycles. The van der Waals surface area contributed by atoms with E-state index in [2.05, 4.69) is 22.4 Å². The molecule has 1 heterocycles. The number of benzene rings is 1. The number of carbonyl (C=O) groups is 1. The number of rotatable bonds is 7. The lowest BCUT2D eigenvalue weighted by Gasteiger charge is -2.17. The topological polar surface area (TPSA) is 74.2 Å². The van der Waals surface area contributed by atoms with Crippen molar-refractivity contribution in [1.29, 1.82) is 0 Å². The maximum atomic E-state index is 11.0. The summed E-state index contributed by atoms with van der Waals surface area (Å²) in [5.74, 6) is -0.537. The molecule has 0 fully saturated rings. The van der Waals surface area contributed by atoms with E-state index in [9.17, 15) is 4.79 Å². The Labute approximate surface area is 153 Å². The highest BCUT2D eigenvalue weighted by Crippen LogP contribution is 2.26. The van der Waals surface area contributed by atoms with E-state index in [1.807, 2.05) is 36.5 Å². The van der Waals surface area contributed by atoms with Crippen molar-refractivity contribution in [1.82, 2.24) is 15.8 Å². The quantitative estimate of drug-likeness (QED) is 0.311. The molecule has 0 bridgehead atoms. The molecule has 0 spiro atoms. The molecule has 0 saturated heterocycles. The number of carbonyl (C=O) groups excluding carboxylic acids is 1. The summed E-state index contributed by atoms with van der Waals surface area (Å²) in [5.41, 5.74) is 7.56. The van der Waals surface area contributed by atoms with E-state index in [0.717, 1.165) is 37.9 Å². The van der Waals surface area contributed by atoms with Crippen LogP contribution in [0.5, 0.6) is 0 Å². The Bertz CT molecular complexity index is 810. The second-order valence-corrected chi connectivity index (χ2v) is 6.24. The maximum absolute atomic E-state index is 11.0. The van der Waals surface area contributed by atoms with Crippen LogP contribution in [0.1, 0.15) is 35.2 Å². The van der Waals surface area contributed by atoms with Crippen LogP contribution in [-0.4, -0.2) is 22.6 Å². The minimum atomic E-state index is -0.537. The van der Waals surface area contributed by atoms with Crippen LogP contribution in [-0.2, 0) is 17.8 Å². The lowest BCUT2D eigenvalue weighted by molar-refractivity contribution is -0.124. The van der Waals surface area contributed by atoms with Crippen LogP contribution in [0, 0.1) is 0 Å². The molecule has 5 nitrogen and oxygen atoms in total. The number of amides is 1. The number of hydrogen-bond donors (Lipinski definition) is 3. The number of aryl methyl sites for hydroxylation is 1. The van der Waals surface area contributed by atoms with Crippen LogP contribution in [0.4, 0.5) is 0 Å². The Morgan fingerprint density at radius 2 is 2.08 bits per heavy atom. The molecule has 0 radical (unpaired) electrons. The smallest absolute Gasteiger partial charge is 0.267 e. The number of pyridine rings is 1. The fraction of sp³-hybridized carbons (Fsp3) is 0.238. The van der Waals surface area contributed by atoms with Gasteiger partial charge in [0.2, 0.25) is 0 Å². The average molecular weight is 349 g/mol. The van der Waals surface area contributed by atoms with E-state index < -0.39 is 5.91 Å². The number of fused-ring (bicyclic) bond motifs is 1. The standard InChI is InChI=1S/C21H23N3O2/c25-21(24-26)11-10-16-6-8-17(9-7-16)15-22-14-12-18-3-1-5-20-19(18)4-2-13-23-20/h2-4,6-11,13,22,26H,1,5,12,14-15H2,(H,24,25)/b11-10+. The highest BCUT2D eigenvalue weighted by Gasteiger charge is 2.12. The van der Waals surface area contributed by atoms with Gasteiger partial charge in [-0.25, -0.2) is 5.48 Å². The summed E-state index contributed by atoms with van der Waals surface area (Å²) in [5, 5.41) is 11.9. The SMILES string of the molecule is O=C(/C=C/c1ccc(CNCCC2=CCCc3ncccc32)cc1)NO. The molecule has 0 aliphatic heterocycles. The van der Waals surface area contributed by atoms with Gasteiger partial charge in [-0.1, -0.05) is 36.4 Å². The molecule has 3 rings (SSSR count). The first kappa shape index (κ1) is 18.0. The molecular formula is C21H23N3O2. The Balaban J connectivity index is 1.46. The predicted octanol–water partition coefficient (Wildman–Crippen LogP) is 3.11. The number of aromatic nitrogens is 1. The normalized spacial score (nSPS) is 13.3. The molecule has 1 aliphatic rings. The molecule has 134 valence electrons. The van der Waals surface area contributed by atoms with Gasteiger partial charge in [-0.3, -0.25) is 15.0 Å². The highest BCUT2D eigenvalue weighted by atomic mass is 16.5. The summed E-state index contributed by atoms with van der Waals surface area (Å²) in [6.45, 7) is 1.72. The number of hydrogen-bond acceptors (Lipinski definition) is 4. The summed E-state index contributed by atoms with van der Waals surface area (Å²) in [6.07, 6.45) is 10.2. The van der Waals surface area contributed by atoms with E-state index in [1.165, 1.54) is 28.5 Å². The van der Waals surface area contributed by atoms with Crippen molar-refractivity contribution in [3.8, 4) is 0 Å². The van der Waals surface area contributed by atoms with Gasteiger partial charge in [-0.15, -0.1) is 0 Å². The van der Waals surface area contributed by atoms with Crippen molar-refractivity contribution < 1.29 is 10.0 Å². The molecule has 0 atom stereocenters. The maximum Gasteiger partial charge on any atom is 0.267 e. The fourth-order valence-corrected chi connectivity index (χ4v) is 3.07. The third-order valence-electron chi connectivity index (χ3n) is 4.43. The molecule has 0 unspecified atom stereocenters. The Hall–Kier alpha value is -2.76. The van der Waals surface area contributed by atoms with Crippen molar-refractivity contribution in [3.63, 3.8) is 0 Å². The van der Waals surface area contributed by atoms with Crippen LogP contribution < -0.4 is 10.8 Å². The molecule has 26 heavy (non-hydrogen) atoms. The second-order valence-electron chi connectivity index (χ2n) is 6.24. The van der Waals surface area contributed by atoms with Crippen molar-refractivity contribution in [2.45, 2.75) is 25.8 Å². The van der Waals surface area contributed by atoms with Gasteiger partial charge in [0.1, 0.15) is 0 Å². The van der Waals surface area contributed by atoms with E-state index in [4.69, 9.17) is 5.21 Å². The molecule has 5 heteroatoms. The zero-order valence-corrected chi connectivity index (χ0v) is 14.6. The number of hydroxylamine groups is 1. The Morgan fingerprint density at radius 3 is 2.88 bits per heavy atom. The van der Waals surface area contributed by atoms with Crippen molar-refractivity contribution >= 4 is 17.6 Å². The van der Waals surface area contributed by atoms with Gasteiger partial charge < -0.3 is 5.32 Å². The van der Waals surface area contributed by atoms with Gasteiger partial charge in [0, 0.05) is 24.5 Å². The number of allylic oxidation sites excluding steroid dienone is 1. The first-order valence-electron chi connectivity index (χ1n) is 8.81. The Morgan fingerprint density at radius 1 is 1.23 bits per heavy atom. The van der Waals surface area contributed by atoms with Gasteiger partial charge in [-0.05, 0) is 60.2 Å². The molecule has 1 aliphatic carbocycles. The van der Waals surface area contributed by atoms with Crippen LogP contribution in [0.2, 0.25) is 0 Å². The first-order valence-corrected chi connectivity index (χ1v) is 8.81. The minimum Gasteiger partial charge on any atom is -0.312 e. The Kier molecular flexibility index (Phi) is 6.30. The van der Waals surface area contributed by atoms with Gasteiger partial charge in [-0.2, -0.15) is 0 Å². The molecule has 1 amide bonds. The molecule has 2 aromatic rings. The number of nitrogens with zero attached hydrogens (tertiary/aromatic N) is 1. The first-order chi connectivity index (χ1) is 12.8. The minimum absolute atomic E-state index is 0.537. The summed E-state index contributed by atoms with van der Waals surface area (Å²) in [4.78, 5) is 15.4. The summed E-state index contributed by atoms with van der Waals surface area (Å²) >= 11 is 0. The van der Waals surface area contributed by atoms with Gasteiger partial charge in [0.05, 0.1) is 0 Å². The van der Waals surface area contributed by atoms with Crippen molar-refractivity contribution in [3.05, 3.63) is 77.1 Å². The highest BCUT2D eigenvalue weighted by molar-refractivity contribution is 5.90. The molecule has 3 N–H and O–H groups in total. The van der Waals surface area contributed by atoms with Crippen molar-refractivity contribution in [2.75, 3.05) is 6.54 Å². The summed E-state index contributed by atoms with van der Waals surface area (Å²) in [7, 11) is 0. The zero-order chi connectivity index (χ0) is 18.2. The fourth-order valence-electron chi connectivity index (χ4n) is 3.07. The van der Waals surface area contributed by atoms with Gasteiger partial charge in [0.15, 0.2) is 0 Å². The number of nitrogens with one attached hydrogen (secondary N) is 2. The predicted molar refractivity (Wildman–Crippen MR) is 102 cm³/mol. The lowest BCUT2D eigenvalue weighted by Crippen LogP contribution is -2.16. The van der Waals surface area contributed by atoms with Gasteiger partial charge >= 0.3 is 0 Å². The lowest BCUT2D eigenvalue weighted by atomic mass is 9.93. The van der Waals surface area contributed by atoms with E-state index in [1.54, 1.807) is 11.6 Å². The van der Waals surface area contributed by atoms with E-state index >= 15 is 0 Å². The second kappa shape index (κ2) is 9.08. The molecule has 0 saturated carbocycles. The zero-order valence-electron chi connectivity index (χ0n) is 14.6. The van der Waals surface area contributed by atoms with Crippen LogP contribution in [0.15, 0.2) is 54.7 Å². The van der Waals surface area contributed by atoms with Crippen LogP contribution in [0.25, 0.3) is 11.6 Å². The van der Waals surface area contributed by atoms with Crippen molar-refractivity contribution in [2.24, 2.45) is 0 Å². The summed E-state index contributed by atoms with van der Waals surface area (Å²) < 4.78 is 0. The van der Waals surface area contributed by atoms with Gasteiger partial charge in [0.25, 0.3) is 5.91 Å².